The van der Waals surface area contributed by atoms with Crippen molar-refractivity contribution in [1.29, 1.82) is 0 Å². The van der Waals surface area contributed by atoms with Crippen molar-refractivity contribution in [1.82, 2.24) is 10.3 Å². The minimum atomic E-state index is 0.283. The molecule has 0 aliphatic rings. The summed E-state index contributed by atoms with van der Waals surface area (Å²) in [6.07, 6.45) is 1.90. The van der Waals surface area contributed by atoms with Crippen LogP contribution in [0.1, 0.15) is 25.1 Å². The Morgan fingerprint density at radius 2 is 2.00 bits per heavy atom. The van der Waals surface area contributed by atoms with E-state index in [0.29, 0.717) is 12.5 Å². The molecule has 4 nitrogen and oxygen atoms in total. The van der Waals surface area contributed by atoms with E-state index in [0.717, 1.165) is 18.0 Å². The highest BCUT2D eigenvalue weighted by Gasteiger charge is 2.06. The molecule has 0 bridgehead atoms. The van der Waals surface area contributed by atoms with Crippen molar-refractivity contribution in [2.24, 2.45) is 5.92 Å². The van der Waals surface area contributed by atoms with Crippen LogP contribution < -0.4 is 10.1 Å². The molecular formula is C15H20N2O2. The lowest BCUT2D eigenvalue weighted by Gasteiger charge is -2.04. The maximum atomic E-state index is 5.54. The topological polar surface area (TPSA) is 47.3 Å². The zero-order valence-electron chi connectivity index (χ0n) is 11.6. The Morgan fingerprint density at radius 1 is 1.26 bits per heavy atom. The normalized spacial score (nSPS) is 10.9. The van der Waals surface area contributed by atoms with Crippen LogP contribution in [0.15, 0.2) is 34.9 Å². The first-order valence-corrected chi connectivity index (χ1v) is 6.53. The highest BCUT2D eigenvalue weighted by atomic mass is 16.6. The zero-order valence-corrected chi connectivity index (χ0v) is 11.6. The van der Waals surface area contributed by atoms with Gasteiger partial charge in [-0.15, -0.1) is 0 Å². The van der Waals surface area contributed by atoms with Crippen LogP contribution in [0.3, 0.4) is 0 Å². The van der Waals surface area contributed by atoms with Crippen molar-refractivity contribution >= 4 is 0 Å². The Kier molecular flexibility index (Phi) is 4.58. The second kappa shape index (κ2) is 6.38. The third-order valence-corrected chi connectivity index (χ3v) is 2.62. The number of hydrogen-bond acceptors (Lipinski definition) is 4. The highest BCUT2D eigenvalue weighted by Crippen LogP contribution is 2.20. The van der Waals surface area contributed by atoms with Crippen LogP contribution in [-0.2, 0) is 6.54 Å². The summed E-state index contributed by atoms with van der Waals surface area (Å²) in [5.41, 5.74) is 2.04. The van der Waals surface area contributed by atoms with Gasteiger partial charge < -0.3 is 14.5 Å². The van der Waals surface area contributed by atoms with E-state index in [2.05, 4.69) is 24.1 Å². The molecule has 0 aliphatic heterocycles. The van der Waals surface area contributed by atoms with Gasteiger partial charge in [0.25, 0.3) is 0 Å². The number of aryl methyl sites for hydroxylation is 1. The summed E-state index contributed by atoms with van der Waals surface area (Å²) in [5.74, 6) is 1.35. The molecular weight excluding hydrogens is 240 g/mol. The van der Waals surface area contributed by atoms with Crippen LogP contribution in [0, 0.1) is 12.8 Å². The van der Waals surface area contributed by atoms with Crippen LogP contribution in [0.2, 0.25) is 0 Å². The fourth-order valence-electron chi connectivity index (χ4n) is 1.61. The molecule has 0 aliphatic carbocycles. The smallest absolute Gasteiger partial charge is 0.399 e. The minimum absolute atomic E-state index is 0.283. The Morgan fingerprint density at radius 3 is 2.68 bits per heavy atom. The van der Waals surface area contributed by atoms with E-state index >= 15 is 0 Å². The Balaban J connectivity index is 1.88. The van der Waals surface area contributed by atoms with Gasteiger partial charge in [0.1, 0.15) is 12.0 Å². The molecule has 1 aromatic carbocycles. The van der Waals surface area contributed by atoms with E-state index in [1.54, 1.807) is 6.26 Å². The molecule has 1 heterocycles. The van der Waals surface area contributed by atoms with Crippen LogP contribution >= 0.6 is 0 Å². The Hall–Kier alpha value is -1.81. The molecule has 1 N–H and O–H groups in total. The lowest BCUT2D eigenvalue weighted by molar-refractivity contribution is 0.330. The number of oxazole rings is 1. The molecule has 0 atom stereocenters. The van der Waals surface area contributed by atoms with Gasteiger partial charge in [0.15, 0.2) is 0 Å². The molecule has 0 radical (unpaired) electrons. The van der Waals surface area contributed by atoms with Gasteiger partial charge in [-0.3, -0.25) is 0 Å². The third kappa shape index (κ3) is 4.41. The summed E-state index contributed by atoms with van der Waals surface area (Å²) in [7, 11) is 0. The van der Waals surface area contributed by atoms with Crippen LogP contribution in [0.5, 0.6) is 11.8 Å². The second-order valence-electron chi connectivity index (χ2n) is 5.04. The van der Waals surface area contributed by atoms with Gasteiger partial charge in [-0.25, -0.2) is 0 Å². The number of aromatic nitrogens is 1. The Labute approximate surface area is 113 Å². The van der Waals surface area contributed by atoms with Crippen molar-refractivity contribution < 1.29 is 9.15 Å². The summed E-state index contributed by atoms with van der Waals surface area (Å²) >= 11 is 0. The maximum absolute atomic E-state index is 5.54. The molecule has 0 amide bonds. The van der Waals surface area contributed by atoms with Crippen molar-refractivity contribution in [3.63, 3.8) is 0 Å². The molecule has 0 saturated carbocycles. The van der Waals surface area contributed by atoms with Crippen LogP contribution in [-0.4, -0.2) is 11.5 Å². The molecule has 102 valence electrons. The van der Waals surface area contributed by atoms with Crippen LogP contribution in [0.4, 0.5) is 0 Å². The van der Waals surface area contributed by atoms with Crippen LogP contribution in [0.25, 0.3) is 0 Å². The number of ether oxygens (including phenoxy) is 1. The number of rotatable bonds is 6. The number of benzene rings is 1. The first-order valence-electron chi connectivity index (χ1n) is 6.53. The summed E-state index contributed by atoms with van der Waals surface area (Å²) in [6.45, 7) is 8.02. The average Bonchev–Trinajstić information content (AvgIpc) is 2.79. The first-order chi connectivity index (χ1) is 9.13. The van der Waals surface area contributed by atoms with Gasteiger partial charge in [-0.05, 0) is 31.5 Å². The molecule has 0 unspecified atom stereocenters. The predicted octanol–water partition coefficient (Wildman–Crippen LogP) is 3.52. The quantitative estimate of drug-likeness (QED) is 0.863. The standard InChI is InChI=1S/C15H20N2O2/c1-11(2)8-16-9-13-10-18-15(17-13)19-14-6-4-12(3)5-7-14/h4-7,10-11,16H,8-9H2,1-3H3. The summed E-state index contributed by atoms with van der Waals surface area (Å²) in [5, 5.41) is 3.31. The molecule has 19 heavy (non-hydrogen) atoms. The average molecular weight is 260 g/mol. The lowest BCUT2D eigenvalue weighted by Crippen LogP contribution is -2.19. The summed E-state index contributed by atoms with van der Waals surface area (Å²) < 4.78 is 10.8. The van der Waals surface area contributed by atoms with Gasteiger partial charge in [0.2, 0.25) is 0 Å². The molecule has 0 fully saturated rings. The molecule has 2 aromatic rings. The number of hydrogen-bond donors (Lipinski definition) is 1. The van der Waals surface area contributed by atoms with Gasteiger partial charge in [-0.1, -0.05) is 31.5 Å². The van der Waals surface area contributed by atoms with Crippen molar-refractivity contribution in [3.05, 3.63) is 41.8 Å². The summed E-state index contributed by atoms with van der Waals surface area (Å²) in [4.78, 5) is 4.27. The molecule has 2 rings (SSSR count). The van der Waals surface area contributed by atoms with Gasteiger partial charge in [0.05, 0.1) is 5.69 Å². The van der Waals surface area contributed by atoms with Gasteiger partial charge in [-0.2, -0.15) is 4.98 Å². The van der Waals surface area contributed by atoms with E-state index in [-0.39, 0.29) is 6.08 Å². The minimum Gasteiger partial charge on any atom is -0.417 e. The van der Waals surface area contributed by atoms with Crippen molar-refractivity contribution in [2.45, 2.75) is 27.3 Å². The highest BCUT2D eigenvalue weighted by molar-refractivity contribution is 5.28. The van der Waals surface area contributed by atoms with E-state index in [1.165, 1.54) is 5.56 Å². The lowest BCUT2D eigenvalue weighted by atomic mass is 10.2. The Bertz CT molecular complexity index is 503. The second-order valence-corrected chi connectivity index (χ2v) is 5.04. The fraction of sp³-hybridized carbons (Fsp3) is 0.400. The van der Waals surface area contributed by atoms with E-state index in [4.69, 9.17) is 9.15 Å². The first kappa shape index (κ1) is 13.6. The third-order valence-electron chi connectivity index (χ3n) is 2.62. The predicted molar refractivity (Wildman–Crippen MR) is 74.3 cm³/mol. The largest absolute Gasteiger partial charge is 0.417 e. The maximum Gasteiger partial charge on any atom is 0.399 e. The number of nitrogens with one attached hydrogen (secondary N) is 1. The van der Waals surface area contributed by atoms with E-state index in [1.807, 2.05) is 31.2 Å². The molecule has 1 aromatic heterocycles. The molecule has 0 spiro atoms. The van der Waals surface area contributed by atoms with E-state index in [9.17, 15) is 0 Å². The SMILES string of the molecule is Cc1ccc(Oc2nc(CNCC(C)C)co2)cc1. The number of nitrogens with zero attached hydrogens (tertiary/aromatic N) is 1. The summed E-state index contributed by atoms with van der Waals surface area (Å²) in [6, 6.07) is 7.78. The molecule has 0 saturated heterocycles. The zero-order chi connectivity index (χ0) is 13.7. The van der Waals surface area contributed by atoms with Gasteiger partial charge in [0, 0.05) is 6.54 Å². The van der Waals surface area contributed by atoms with Crippen molar-refractivity contribution in [2.75, 3.05) is 6.54 Å². The van der Waals surface area contributed by atoms with Crippen molar-refractivity contribution in [3.8, 4) is 11.8 Å². The van der Waals surface area contributed by atoms with Gasteiger partial charge >= 0.3 is 6.08 Å². The molecule has 4 heteroatoms. The van der Waals surface area contributed by atoms with E-state index < -0.39 is 0 Å². The monoisotopic (exact) mass is 260 g/mol. The fourth-order valence-corrected chi connectivity index (χ4v) is 1.61.